The van der Waals surface area contributed by atoms with E-state index in [4.69, 9.17) is 0 Å². The van der Waals surface area contributed by atoms with Gasteiger partial charge in [0.25, 0.3) is 0 Å². The van der Waals surface area contributed by atoms with Gasteiger partial charge in [-0.05, 0) is 13.8 Å². The Kier molecular flexibility index (Phi) is 4.94. The fourth-order valence-electron chi connectivity index (χ4n) is 1.87. The fourth-order valence-corrected chi connectivity index (χ4v) is 1.87. The summed E-state index contributed by atoms with van der Waals surface area (Å²) in [5, 5.41) is 1.18. The number of methoxy groups -OCH3 is 1. The van der Waals surface area contributed by atoms with Gasteiger partial charge in [0, 0.05) is 19.5 Å². The molecule has 3 amide bonds. The molecule has 0 aromatic carbocycles. The Morgan fingerprint density at radius 3 is 2.56 bits per heavy atom. The molecule has 0 saturated carbocycles. The highest BCUT2D eigenvalue weighted by Crippen LogP contribution is 2.14. The fraction of sp³-hybridized carbons (Fsp3) is 0.727. The van der Waals surface area contributed by atoms with Crippen molar-refractivity contribution in [1.29, 1.82) is 0 Å². The lowest BCUT2D eigenvalue weighted by molar-refractivity contribution is -0.151. The van der Waals surface area contributed by atoms with Crippen LogP contribution in [0.4, 0.5) is 4.79 Å². The Hall–Kier alpha value is -1.79. The van der Waals surface area contributed by atoms with E-state index in [-0.39, 0.29) is 24.9 Å². The van der Waals surface area contributed by atoms with E-state index in [0.717, 1.165) is 0 Å². The van der Waals surface area contributed by atoms with Crippen LogP contribution in [-0.2, 0) is 14.3 Å². The molecule has 0 bridgehead atoms. The summed E-state index contributed by atoms with van der Waals surface area (Å²) >= 11 is 0. The second-order valence-corrected chi connectivity index (χ2v) is 4.02. The predicted molar refractivity (Wildman–Crippen MR) is 63.3 cm³/mol. The summed E-state index contributed by atoms with van der Waals surface area (Å²) in [5.74, 6) is -1.41. The highest BCUT2D eigenvalue weighted by molar-refractivity contribution is 5.87. The smallest absolute Gasteiger partial charge is 0.338 e. The van der Waals surface area contributed by atoms with Gasteiger partial charge in [-0.2, -0.15) is 0 Å². The van der Waals surface area contributed by atoms with Gasteiger partial charge in [0.15, 0.2) is 0 Å². The minimum Gasteiger partial charge on any atom is -0.469 e. The maximum atomic E-state index is 12.0. The molecular formula is C11H19N3O4. The van der Waals surface area contributed by atoms with Gasteiger partial charge in [0.05, 0.1) is 19.6 Å². The van der Waals surface area contributed by atoms with Gasteiger partial charge < -0.3 is 9.64 Å². The van der Waals surface area contributed by atoms with Crippen molar-refractivity contribution in [1.82, 2.24) is 15.3 Å². The molecule has 0 aromatic rings. The average Bonchev–Trinajstić information content (AvgIpc) is 2.38. The van der Waals surface area contributed by atoms with E-state index in [9.17, 15) is 14.4 Å². The summed E-state index contributed by atoms with van der Waals surface area (Å²) in [6.45, 7) is 4.94. The number of esters is 1. The van der Waals surface area contributed by atoms with E-state index in [1.54, 1.807) is 4.90 Å². The second kappa shape index (κ2) is 6.23. The molecule has 7 nitrogen and oxygen atoms in total. The largest absolute Gasteiger partial charge is 0.469 e. The van der Waals surface area contributed by atoms with E-state index < -0.39 is 11.9 Å². The minimum atomic E-state index is -0.594. The number of nitrogens with zero attached hydrogens (tertiary/aromatic N) is 2. The molecule has 1 fully saturated rings. The molecule has 1 heterocycles. The zero-order valence-corrected chi connectivity index (χ0v) is 10.9. The molecule has 1 rings (SSSR count). The van der Waals surface area contributed by atoms with Gasteiger partial charge in [-0.25, -0.2) is 9.80 Å². The Labute approximate surface area is 106 Å². The minimum absolute atomic E-state index is 0.0503. The first-order chi connectivity index (χ1) is 8.53. The van der Waals surface area contributed by atoms with Crippen LogP contribution in [0.2, 0.25) is 0 Å². The first-order valence-electron chi connectivity index (χ1n) is 5.97. The van der Waals surface area contributed by atoms with Crippen molar-refractivity contribution in [3.05, 3.63) is 0 Å². The third-order valence-corrected chi connectivity index (χ3v) is 2.89. The zero-order chi connectivity index (χ0) is 13.7. The maximum Gasteiger partial charge on any atom is 0.338 e. The number of nitrogens with one attached hydrogen (secondary N) is 1. The molecule has 0 aromatic heterocycles. The lowest BCUT2D eigenvalue weighted by Gasteiger charge is -2.34. The Morgan fingerprint density at radius 1 is 1.44 bits per heavy atom. The highest BCUT2D eigenvalue weighted by atomic mass is 16.5. The number of hydrogen-bond donors (Lipinski definition) is 1. The van der Waals surface area contributed by atoms with E-state index in [2.05, 4.69) is 10.2 Å². The molecule has 1 N–H and O–H groups in total. The highest BCUT2D eigenvalue weighted by Gasteiger charge is 2.34. The third kappa shape index (κ3) is 3.12. The number of carbonyl (C=O) groups excluding carboxylic acids is 3. The third-order valence-electron chi connectivity index (χ3n) is 2.89. The molecule has 0 radical (unpaired) electrons. The molecule has 0 aliphatic carbocycles. The molecule has 1 saturated heterocycles. The second-order valence-electron chi connectivity index (χ2n) is 4.02. The normalized spacial score (nSPS) is 19.2. The lowest BCUT2D eigenvalue weighted by atomic mass is 10.0. The summed E-state index contributed by atoms with van der Waals surface area (Å²) in [6.07, 6.45) is 0.0503. The molecule has 1 aliphatic heterocycles. The van der Waals surface area contributed by atoms with Crippen LogP contribution < -0.4 is 5.43 Å². The van der Waals surface area contributed by atoms with E-state index in [0.29, 0.717) is 13.1 Å². The number of carbonyl (C=O) groups is 3. The van der Waals surface area contributed by atoms with Gasteiger partial charge in [0.2, 0.25) is 5.91 Å². The number of ether oxygens (including phenoxy) is 1. The Morgan fingerprint density at radius 2 is 2.06 bits per heavy atom. The first-order valence-corrected chi connectivity index (χ1v) is 5.97. The topological polar surface area (TPSA) is 79.0 Å². The van der Waals surface area contributed by atoms with Crippen molar-refractivity contribution in [2.45, 2.75) is 20.3 Å². The Balaban J connectivity index is 2.74. The molecule has 18 heavy (non-hydrogen) atoms. The number of hydrogen-bond acceptors (Lipinski definition) is 4. The van der Waals surface area contributed by atoms with Gasteiger partial charge in [-0.15, -0.1) is 0 Å². The molecule has 1 aliphatic rings. The Bertz CT molecular complexity index is 341. The van der Waals surface area contributed by atoms with Crippen LogP contribution in [0.1, 0.15) is 20.3 Å². The number of urea groups is 1. The number of rotatable bonds is 3. The standard InChI is InChI=1S/C11H19N3O4/c1-4-13(5-2)11(17)14-7-8(10(16)18-3)6-9(15)12-14/h8H,4-7H2,1-3H3,(H,12,15). The summed E-state index contributed by atoms with van der Waals surface area (Å²) in [5.41, 5.74) is 2.47. The molecular weight excluding hydrogens is 238 g/mol. The van der Waals surface area contributed by atoms with Gasteiger partial charge in [-0.3, -0.25) is 15.0 Å². The van der Waals surface area contributed by atoms with Crippen LogP contribution in [0.25, 0.3) is 0 Å². The molecule has 1 unspecified atom stereocenters. The van der Waals surface area contributed by atoms with Gasteiger partial charge in [0.1, 0.15) is 0 Å². The van der Waals surface area contributed by atoms with Gasteiger partial charge in [-0.1, -0.05) is 0 Å². The summed E-state index contributed by atoms with van der Waals surface area (Å²) in [6, 6.07) is -0.304. The molecule has 1 atom stereocenters. The van der Waals surface area contributed by atoms with Crippen LogP contribution in [0, 0.1) is 5.92 Å². The van der Waals surface area contributed by atoms with Crippen molar-refractivity contribution in [2.75, 3.05) is 26.7 Å². The van der Waals surface area contributed by atoms with E-state index >= 15 is 0 Å². The summed E-state index contributed by atoms with van der Waals surface area (Å²) in [7, 11) is 1.27. The maximum absolute atomic E-state index is 12.0. The first kappa shape index (κ1) is 14.3. The zero-order valence-electron chi connectivity index (χ0n) is 10.9. The van der Waals surface area contributed by atoms with Crippen molar-refractivity contribution < 1.29 is 19.1 Å². The average molecular weight is 257 g/mol. The molecule has 7 heteroatoms. The van der Waals surface area contributed by atoms with Crippen molar-refractivity contribution in [3.63, 3.8) is 0 Å². The van der Waals surface area contributed by atoms with Gasteiger partial charge >= 0.3 is 12.0 Å². The number of amides is 3. The van der Waals surface area contributed by atoms with Crippen LogP contribution in [0.5, 0.6) is 0 Å². The summed E-state index contributed by atoms with van der Waals surface area (Å²) in [4.78, 5) is 36.5. The summed E-state index contributed by atoms with van der Waals surface area (Å²) < 4.78 is 4.61. The van der Waals surface area contributed by atoms with E-state index in [1.807, 2.05) is 13.8 Å². The predicted octanol–water partition coefficient (Wildman–Crippen LogP) is -0.0257. The molecule has 102 valence electrons. The van der Waals surface area contributed by atoms with Crippen LogP contribution in [0.15, 0.2) is 0 Å². The lowest BCUT2D eigenvalue weighted by Crippen LogP contribution is -2.58. The molecule has 0 spiro atoms. The van der Waals surface area contributed by atoms with E-state index in [1.165, 1.54) is 12.1 Å². The quantitative estimate of drug-likeness (QED) is 0.720. The van der Waals surface area contributed by atoms with Crippen LogP contribution >= 0.6 is 0 Å². The van der Waals surface area contributed by atoms with Crippen LogP contribution in [0.3, 0.4) is 0 Å². The van der Waals surface area contributed by atoms with Crippen molar-refractivity contribution in [3.8, 4) is 0 Å². The monoisotopic (exact) mass is 257 g/mol. The van der Waals surface area contributed by atoms with Crippen molar-refractivity contribution >= 4 is 17.9 Å². The number of hydrazine groups is 1. The SMILES string of the molecule is CCN(CC)C(=O)N1CC(C(=O)OC)CC(=O)N1. The van der Waals surface area contributed by atoms with Crippen molar-refractivity contribution in [2.24, 2.45) is 5.92 Å². The van der Waals surface area contributed by atoms with Crippen LogP contribution in [-0.4, -0.2) is 54.6 Å².